The number of nitrogens with one attached hydrogen (secondary N) is 2. The molecule has 0 aromatic heterocycles. The van der Waals surface area contributed by atoms with E-state index in [-0.39, 0.29) is 41.6 Å². The lowest BCUT2D eigenvalue weighted by Gasteiger charge is -2.20. The third-order valence-electron chi connectivity index (χ3n) is 4.62. The number of nitrogens with zero attached hydrogens (tertiary/aromatic N) is 1. The summed E-state index contributed by atoms with van der Waals surface area (Å²) in [6, 6.07) is 14.0. The number of rotatable bonds is 6. The van der Waals surface area contributed by atoms with Gasteiger partial charge in [-0.3, -0.25) is 24.1 Å². The smallest absolute Gasteiger partial charge is 0.261 e. The highest BCUT2D eigenvalue weighted by Crippen LogP contribution is 2.24. The molecule has 7 heteroatoms. The second kappa shape index (κ2) is 8.49. The van der Waals surface area contributed by atoms with E-state index >= 15 is 0 Å². The van der Waals surface area contributed by atoms with Gasteiger partial charge in [0.25, 0.3) is 17.7 Å². The van der Waals surface area contributed by atoms with Crippen LogP contribution in [0.3, 0.4) is 0 Å². The molecular formula is C23H25N3O4. The van der Waals surface area contributed by atoms with Crippen molar-refractivity contribution in [3.63, 3.8) is 0 Å². The van der Waals surface area contributed by atoms with Crippen molar-refractivity contribution in [1.29, 1.82) is 0 Å². The van der Waals surface area contributed by atoms with Gasteiger partial charge in [-0.25, -0.2) is 0 Å². The first-order valence-electron chi connectivity index (χ1n) is 9.79. The molecule has 0 unspecified atom stereocenters. The number of carbonyl (C=O) groups is 4. The fraction of sp³-hybridized carbons (Fsp3) is 0.304. The zero-order chi connectivity index (χ0) is 21.9. The molecule has 156 valence electrons. The van der Waals surface area contributed by atoms with Crippen LogP contribution in [0.25, 0.3) is 0 Å². The summed E-state index contributed by atoms with van der Waals surface area (Å²) in [5.74, 6) is -1.56. The van der Waals surface area contributed by atoms with Crippen LogP contribution in [0.15, 0.2) is 48.5 Å². The molecule has 7 nitrogen and oxygen atoms in total. The lowest BCUT2D eigenvalue weighted by molar-refractivity contribution is -0.121. The van der Waals surface area contributed by atoms with E-state index in [1.54, 1.807) is 0 Å². The Morgan fingerprint density at radius 3 is 2.27 bits per heavy atom. The minimum absolute atomic E-state index is 0.177. The van der Waals surface area contributed by atoms with Gasteiger partial charge in [0, 0.05) is 17.6 Å². The van der Waals surface area contributed by atoms with Gasteiger partial charge < -0.3 is 10.6 Å². The van der Waals surface area contributed by atoms with Crippen LogP contribution in [0.4, 0.5) is 0 Å². The summed E-state index contributed by atoms with van der Waals surface area (Å²) < 4.78 is 0. The third-order valence-corrected chi connectivity index (χ3v) is 4.62. The summed E-state index contributed by atoms with van der Waals surface area (Å²) >= 11 is 0. The molecule has 0 saturated heterocycles. The monoisotopic (exact) mass is 407 g/mol. The van der Waals surface area contributed by atoms with Crippen molar-refractivity contribution in [3.8, 4) is 0 Å². The maximum Gasteiger partial charge on any atom is 0.261 e. The summed E-state index contributed by atoms with van der Waals surface area (Å²) in [6.45, 7) is 5.63. The van der Waals surface area contributed by atoms with Gasteiger partial charge in [-0.1, -0.05) is 30.3 Å². The molecule has 2 aromatic carbocycles. The van der Waals surface area contributed by atoms with Crippen molar-refractivity contribution in [3.05, 3.63) is 70.8 Å². The molecule has 0 bridgehead atoms. The number of carbonyl (C=O) groups excluding carboxylic acids is 4. The van der Waals surface area contributed by atoms with Gasteiger partial charge in [0.15, 0.2) is 0 Å². The topological polar surface area (TPSA) is 95.6 Å². The number of imide groups is 1. The molecule has 0 atom stereocenters. The molecule has 1 heterocycles. The molecule has 1 aliphatic heterocycles. The van der Waals surface area contributed by atoms with Gasteiger partial charge in [-0.2, -0.15) is 0 Å². The number of hydrogen-bond donors (Lipinski definition) is 2. The zero-order valence-electron chi connectivity index (χ0n) is 17.3. The van der Waals surface area contributed by atoms with Gasteiger partial charge in [0.1, 0.15) is 0 Å². The minimum atomic E-state index is -0.482. The molecule has 2 N–H and O–H groups in total. The fourth-order valence-electron chi connectivity index (χ4n) is 3.25. The molecule has 1 aliphatic rings. The molecule has 0 aliphatic carbocycles. The van der Waals surface area contributed by atoms with E-state index in [0.29, 0.717) is 6.42 Å². The normalized spacial score (nSPS) is 13.2. The van der Waals surface area contributed by atoms with Gasteiger partial charge in [-0.15, -0.1) is 0 Å². The van der Waals surface area contributed by atoms with Crippen LogP contribution in [0.2, 0.25) is 0 Å². The molecule has 0 spiro atoms. The number of fused-ring (bicyclic) bond motifs is 1. The first kappa shape index (κ1) is 21.2. The Bertz CT molecular complexity index is 993. The van der Waals surface area contributed by atoms with Crippen LogP contribution >= 0.6 is 0 Å². The Morgan fingerprint density at radius 1 is 0.933 bits per heavy atom. The fourth-order valence-corrected chi connectivity index (χ4v) is 3.25. The second-order valence-electron chi connectivity index (χ2n) is 8.24. The van der Waals surface area contributed by atoms with Gasteiger partial charge in [0.2, 0.25) is 5.91 Å². The van der Waals surface area contributed by atoms with Crippen LogP contribution in [0.5, 0.6) is 0 Å². The van der Waals surface area contributed by atoms with Gasteiger partial charge in [-0.05, 0) is 51.0 Å². The van der Waals surface area contributed by atoms with Gasteiger partial charge in [0.05, 0.1) is 17.7 Å². The van der Waals surface area contributed by atoms with Crippen LogP contribution in [-0.4, -0.2) is 47.2 Å². The summed E-state index contributed by atoms with van der Waals surface area (Å²) in [5, 5.41) is 5.29. The Hall–Kier alpha value is -3.48. The van der Waals surface area contributed by atoms with E-state index in [2.05, 4.69) is 10.6 Å². The van der Waals surface area contributed by atoms with Crippen molar-refractivity contribution < 1.29 is 19.2 Å². The maximum absolute atomic E-state index is 12.7. The van der Waals surface area contributed by atoms with Crippen molar-refractivity contribution in [2.45, 2.75) is 32.7 Å². The molecule has 4 amide bonds. The predicted octanol–water partition coefficient (Wildman–Crippen LogP) is 2.17. The minimum Gasteiger partial charge on any atom is -0.350 e. The standard InChI is InChI=1S/C23H25N3O4/c1-23(2,3)25-19(27)14-24-20(28)16-9-10-17-18(13-16)22(30)26(21(17)29)12-11-15-7-5-4-6-8-15/h4-10,13H,11-12,14H2,1-3H3,(H,24,28)(H,25,27). The first-order chi connectivity index (χ1) is 14.2. The van der Waals surface area contributed by atoms with E-state index in [4.69, 9.17) is 0 Å². The summed E-state index contributed by atoms with van der Waals surface area (Å²) in [7, 11) is 0. The second-order valence-corrected chi connectivity index (χ2v) is 8.24. The van der Waals surface area contributed by atoms with Crippen LogP contribution in [0.1, 0.15) is 57.4 Å². The lowest BCUT2D eigenvalue weighted by atomic mass is 10.1. The SMILES string of the molecule is CC(C)(C)NC(=O)CNC(=O)c1ccc2c(c1)C(=O)N(CCc1ccccc1)C2=O. The molecule has 30 heavy (non-hydrogen) atoms. The summed E-state index contributed by atoms with van der Waals surface area (Å²) in [4.78, 5) is 50.8. The molecule has 0 saturated carbocycles. The van der Waals surface area contributed by atoms with E-state index in [1.165, 1.54) is 23.1 Å². The third kappa shape index (κ3) is 4.92. The first-order valence-corrected chi connectivity index (χ1v) is 9.79. The molecule has 2 aromatic rings. The average molecular weight is 407 g/mol. The van der Waals surface area contributed by atoms with Crippen LogP contribution < -0.4 is 10.6 Å². The van der Waals surface area contributed by atoms with E-state index in [1.807, 2.05) is 51.1 Å². The summed E-state index contributed by atoms with van der Waals surface area (Å²) in [6.07, 6.45) is 0.558. The largest absolute Gasteiger partial charge is 0.350 e. The Labute approximate surface area is 175 Å². The van der Waals surface area contributed by atoms with Crippen LogP contribution in [0, 0.1) is 0 Å². The number of amides is 4. The van der Waals surface area contributed by atoms with Crippen molar-refractivity contribution >= 4 is 23.6 Å². The average Bonchev–Trinajstić information content (AvgIpc) is 2.93. The quantitative estimate of drug-likeness (QED) is 0.718. The summed E-state index contributed by atoms with van der Waals surface area (Å²) in [5.41, 5.74) is 1.35. The van der Waals surface area contributed by atoms with Gasteiger partial charge >= 0.3 is 0 Å². The van der Waals surface area contributed by atoms with Crippen molar-refractivity contribution in [2.75, 3.05) is 13.1 Å². The molecule has 0 fully saturated rings. The Morgan fingerprint density at radius 2 is 1.60 bits per heavy atom. The highest BCUT2D eigenvalue weighted by atomic mass is 16.2. The predicted molar refractivity (Wildman–Crippen MR) is 112 cm³/mol. The highest BCUT2D eigenvalue weighted by molar-refractivity contribution is 6.22. The zero-order valence-corrected chi connectivity index (χ0v) is 17.3. The maximum atomic E-state index is 12.7. The lowest BCUT2D eigenvalue weighted by Crippen LogP contribution is -2.45. The number of benzene rings is 2. The van der Waals surface area contributed by atoms with Crippen molar-refractivity contribution in [2.24, 2.45) is 0 Å². The van der Waals surface area contributed by atoms with E-state index in [9.17, 15) is 19.2 Å². The van der Waals surface area contributed by atoms with E-state index in [0.717, 1.165) is 5.56 Å². The van der Waals surface area contributed by atoms with Crippen LogP contribution in [-0.2, 0) is 11.2 Å². The van der Waals surface area contributed by atoms with E-state index < -0.39 is 17.4 Å². The van der Waals surface area contributed by atoms with Crippen molar-refractivity contribution in [1.82, 2.24) is 15.5 Å². The molecular weight excluding hydrogens is 382 g/mol. The highest BCUT2D eigenvalue weighted by Gasteiger charge is 2.35. The Kier molecular flexibility index (Phi) is 6.01. The molecule has 0 radical (unpaired) electrons. The number of hydrogen-bond acceptors (Lipinski definition) is 4. The Balaban J connectivity index is 1.66. The molecule has 3 rings (SSSR count).